The van der Waals surface area contributed by atoms with E-state index in [2.05, 4.69) is 15.9 Å². The van der Waals surface area contributed by atoms with Crippen molar-refractivity contribution in [3.63, 3.8) is 0 Å². The number of carbonyl (C=O) groups is 2. The first-order valence-corrected chi connectivity index (χ1v) is 10.4. The molecule has 0 aliphatic carbocycles. The number of rotatable bonds is 6. The van der Waals surface area contributed by atoms with Crippen LogP contribution in [0.4, 0.5) is 10.5 Å². The van der Waals surface area contributed by atoms with Gasteiger partial charge in [0, 0.05) is 0 Å². The Balaban J connectivity index is 1.92. The molecule has 0 radical (unpaired) electrons. The lowest BCUT2D eigenvalue weighted by Crippen LogP contribution is -2.27. The third-order valence-electron chi connectivity index (χ3n) is 4.25. The summed E-state index contributed by atoms with van der Waals surface area (Å²) in [5, 5.41) is -0.315. The molecule has 2 amide bonds. The van der Waals surface area contributed by atoms with Gasteiger partial charge in [0.05, 0.1) is 28.3 Å². The highest BCUT2D eigenvalue weighted by Crippen LogP contribution is 2.40. The number of amides is 2. The lowest BCUT2D eigenvalue weighted by atomic mass is 10.1. The molecule has 1 heterocycles. The number of halogens is 1. The van der Waals surface area contributed by atoms with Crippen LogP contribution in [-0.2, 0) is 4.79 Å². The average molecular weight is 462 g/mol. The maximum atomic E-state index is 12.8. The largest absolute Gasteiger partial charge is 0.493 e. The van der Waals surface area contributed by atoms with Crippen LogP contribution in [0.25, 0.3) is 6.08 Å². The fourth-order valence-electron chi connectivity index (χ4n) is 2.64. The zero-order valence-electron chi connectivity index (χ0n) is 15.8. The predicted octanol–water partition coefficient (Wildman–Crippen LogP) is 5.88. The van der Waals surface area contributed by atoms with Crippen LogP contribution < -0.4 is 14.4 Å². The lowest BCUT2D eigenvalue weighted by Gasteiger charge is -2.17. The number of methoxy groups -OCH3 is 1. The number of imide groups is 1. The van der Waals surface area contributed by atoms with E-state index in [4.69, 9.17) is 9.47 Å². The topological polar surface area (TPSA) is 55.8 Å². The van der Waals surface area contributed by atoms with Gasteiger partial charge in [0.1, 0.15) is 0 Å². The summed E-state index contributed by atoms with van der Waals surface area (Å²) in [7, 11) is 1.57. The van der Waals surface area contributed by atoms with Crippen LogP contribution in [0, 0.1) is 0 Å². The molecule has 0 aromatic heterocycles. The third-order valence-corrected chi connectivity index (χ3v) is 5.71. The molecule has 28 heavy (non-hydrogen) atoms. The van der Waals surface area contributed by atoms with Gasteiger partial charge in [0.15, 0.2) is 11.5 Å². The Kier molecular flexibility index (Phi) is 6.46. The van der Waals surface area contributed by atoms with E-state index in [1.165, 1.54) is 4.90 Å². The van der Waals surface area contributed by atoms with Gasteiger partial charge >= 0.3 is 0 Å². The van der Waals surface area contributed by atoms with Crippen LogP contribution in [0.1, 0.15) is 25.8 Å². The van der Waals surface area contributed by atoms with E-state index in [0.717, 1.165) is 28.2 Å². The maximum Gasteiger partial charge on any atom is 0.298 e. The summed E-state index contributed by atoms with van der Waals surface area (Å²) in [6.45, 7) is 4.03. The number of nitrogens with zero attached hydrogens (tertiary/aromatic N) is 1. The van der Waals surface area contributed by atoms with Crippen LogP contribution in [0.15, 0.2) is 51.8 Å². The van der Waals surface area contributed by atoms with E-state index < -0.39 is 0 Å². The zero-order valence-corrected chi connectivity index (χ0v) is 18.2. The highest BCUT2D eigenvalue weighted by atomic mass is 79.9. The van der Waals surface area contributed by atoms with Crippen LogP contribution in [0.3, 0.4) is 0 Å². The van der Waals surface area contributed by atoms with E-state index in [1.807, 2.05) is 26.0 Å². The van der Waals surface area contributed by atoms with Crippen molar-refractivity contribution in [1.29, 1.82) is 0 Å². The monoisotopic (exact) mass is 461 g/mol. The maximum absolute atomic E-state index is 12.8. The molecule has 2 aromatic carbocycles. The Morgan fingerprint density at radius 1 is 1.21 bits per heavy atom. The molecular weight excluding hydrogens is 442 g/mol. The van der Waals surface area contributed by atoms with Crippen molar-refractivity contribution in [2.45, 2.75) is 26.4 Å². The molecule has 1 fully saturated rings. The molecule has 1 saturated heterocycles. The van der Waals surface area contributed by atoms with E-state index in [1.54, 1.807) is 43.5 Å². The fraction of sp³-hybridized carbons (Fsp3) is 0.238. The number of thioether (sulfide) groups is 1. The quantitative estimate of drug-likeness (QED) is 0.502. The first-order valence-electron chi connectivity index (χ1n) is 8.81. The van der Waals surface area contributed by atoms with Crippen LogP contribution >= 0.6 is 27.7 Å². The molecule has 1 aliphatic rings. The number of benzene rings is 2. The van der Waals surface area contributed by atoms with Crippen molar-refractivity contribution in [2.75, 3.05) is 12.0 Å². The first kappa shape index (κ1) is 20.5. The van der Waals surface area contributed by atoms with Gasteiger partial charge in [-0.2, -0.15) is 0 Å². The van der Waals surface area contributed by atoms with Crippen molar-refractivity contribution in [1.82, 2.24) is 0 Å². The molecule has 2 aromatic rings. The zero-order chi connectivity index (χ0) is 20.3. The Morgan fingerprint density at radius 2 is 1.93 bits per heavy atom. The summed E-state index contributed by atoms with van der Waals surface area (Å²) in [5.74, 6) is 0.839. The van der Waals surface area contributed by atoms with Gasteiger partial charge in [-0.1, -0.05) is 25.1 Å². The third kappa shape index (κ3) is 4.25. The minimum Gasteiger partial charge on any atom is -0.493 e. The molecule has 146 valence electrons. The van der Waals surface area contributed by atoms with Gasteiger partial charge in [-0.05, 0) is 76.9 Å². The summed E-state index contributed by atoms with van der Waals surface area (Å²) in [6, 6.07) is 12.5. The summed E-state index contributed by atoms with van der Waals surface area (Å²) in [4.78, 5) is 26.7. The summed E-state index contributed by atoms with van der Waals surface area (Å²) >= 11 is 4.44. The SMILES string of the molecule is CC[C@@H](C)Oc1c(Br)cc(/C=C2/SC(=O)N(c3ccccc3)C2=O)cc1OC. The smallest absolute Gasteiger partial charge is 0.298 e. The second-order valence-electron chi connectivity index (χ2n) is 6.22. The number of para-hydroxylation sites is 1. The molecule has 5 nitrogen and oxygen atoms in total. The molecular formula is C21H20BrNO4S. The summed E-state index contributed by atoms with van der Waals surface area (Å²) in [5.41, 5.74) is 1.29. The Morgan fingerprint density at radius 3 is 2.57 bits per heavy atom. The summed E-state index contributed by atoms with van der Waals surface area (Å²) < 4.78 is 12.1. The average Bonchev–Trinajstić information content (AvgIpc) is 2.97. The standard InChI is InChI=1S/C21H20BrNO4S/c1-4-13(2)27-19-16(22)10-14(11-17(19)26-3)12-18-20(24)23(21(25)28-18)15-8-6-5-7-9-15/h5-13H,4H2,1-3H3/b18-12+/t13-/m1/s1. The second kappa shape index (κ2) is 8.84. The number of anilines is 1. The van der Waals surface area contributed by atoms with Crippen LogP contribution in [-0.4, -0.2) is 24.4 Å². The molecule has 0 unspecified atom stereocenters. The van der Waals surface area contributed by atoms with Crippen molar-refractivity contribution in [2.24, 2.45) is 0 Å². The van der Waals surface area contributed by atoms with Gasteiger partial charge in [-0.25, -0.2) is 4.90 Å². The van der Waals surface area contributed by atoms with Gasteiger partial charge in [0.25, 0.3) is 11.1 Å². The van der Waals surface area contributed by atoms with Crippen molar-refractivity contribution in [3.8, 4) is 11.5 Å². The number of carbonyl (C=O) groups excluding carboxylic acids is 2. The highest BCUT2D eigenvalue weighted by Gasteiger charge is 2.36. The van der Waals surface area contributed by atoms with Gasteiger partial charge in [0.2, 0.25) is 0 Å². The number of hydrogen-bond donors (Lipinski definition) is 0. The lowest BCUT2D eigenvalue weighted by molar-refractivity contribution is -0.113. The van der Waals surface area contributed by atoms with Crippen molar-refractivity contribution >= 4 is 50.6 Å². The highest BCUT2D eigenvalue weighted by molar-refractivity contribution is 9.10. The Labute approximate surface area is 176 Å². The van der Waals surface area contributed by atoms with E-state index in [9.17, 15) is 9.59 Å². The summed E-state index contributed by atoms with van der Waals surface area (Å²) in [6.07, 6.45) is 2.59. The Hall–Kier alpha value is -2.25. The first-order chi connectivity index (χ1) is 13.4. The number of hydrogen-bond acceptors (Lipinski definition) is 5. The second-order valence-corrected chi connectivity index (χ2v) is 8.07. The molecule has 0 spiro atoms. The van der Waals surface area contributed by atoms with Crippen molar-refractivity contribution < 1.29 is 19.1 Å². The predicted molar refractivity (Wildman–Crippen MR) is 116 cm³/mol. The van der Waals surface area contributed by atoms with Gasteiger partial charge in [-0.3, -0.25) is 9.59 Å². The van der Waals surface area contributed by atoms with Crippen LogP contribution in [0.2, 0.25) is 0 Å². The minimum absolute atomic E-state index is 0.0402. The molecule has 0 saturated carbocycles. The van der Waals surface area contributed by atoms with Gasteiger partial charge < -0.3 is 9.47 Å². The van der Waals surface area contributed by atoms with Crippen LogP contribution in [0.5, 0.6) is 11.5 Å². The van der Waals surface area contributed by atoms with E-state index in [0.29, 0.717) is 22.1 Å². The number of ether oxygens (including phenoxy) is 2. The Bertz CT molecular complexity index is 930. The van der Waals surface area contributed by atoms with Crippen molar-refractivity contribution in [3.05, 3.63) is 57.4 Å². The van der Waals surface area contributed by atoms with E-state index in [-0.39, 0.29) is 17.3 Å². The minimum atomic E-state index is -0.337. The molecule has 7 heteroatoms. The molecule has 0 N–H and O–H groups in total. The van der Waals surface area contributed by atoms with E-state index >= 15 is 0 Å². The molecule has 1 atom stereocenters. The fourth-order valence-corrected chi connectivity index (χ4v) is 4.04. The van der Waals surface area contributed by atoms with Gasteiger partial charge in [-0.15, -0.1) is 0 Å². The molecule has 3 rings (SSSR count). The molecule has 0 bridgehead atoms. The molecule has 1 aliphatic heterocycles. The normalized spacial score (nSPS) is 16.6.